The molecule has 3 heteroatoms. The topological polar surface area (TPSA) is 12.0 Å². The van der Waals surface area contributed by atoms with Gasteiger partial charge in [-0.1, -0.05) is 12.2 Å². The van der Waals surface area contributed by atoms with E-state index in [1.54, 1.807) is 11.8 Å². The first-order valence-electron chi connectivity index (χ1n) is 1.62. The second kappa shape index (κ2) is 1.80. The molecule has 1 saturated heterocycles. The first kappa shape index (κ1) is 4.40. The summed E-state index contributed by atoms with van der Waals surface area (Å²) in [6.07, 6.45) is 0. The van der Waals surface area contributed by atoms with Crippen molar-refractivity contribution in [2.75, 3.05) is 5.75 Å². The second-order valence-corrected chi connectivity index (χ2v) is 2.35. The van der Waals surface area contributed by atoms with Gasteiger partial charge in [-0.05, 0) is 0 Å². The van der Waals surface area contributed by atoms with Crippen molar-refractivity contribution >= 4 is 29.0 Å². The second-order valence-electron chi connectivity index (χ2n) is 0.996. The van der Waals surface area contributed by atoms with Crippen LogP contribution >= 0.6 is 24.0 Å². The Kier molecular flexibility index (Phi) is 1.32. The molecule has 1 rings (SSSR count). The first-order valence-corrected chi connectivity index (χ1v) is 3.08. The van der Waals surface area contributed by atoms with Gasteiger partial charge in [0.15, 0.2) is 0 Å². The molecule has 0 saturated carbocycles. The number of thiocarbonyl (C=S) groups is 1. The molecule has 1 aliphatic rings. The van der Waals surface area contributed by atoms with E-state index < -0.39 is 0 Å². The van der Waals surface area contributed by atoms with Crippen LogP contribution in [0.25, 0.3) is 0 Å². The Morgan fingerprint density at radius 1 is 2.00 bits per heavy atom. The van der Waals surface area contributed by atoms with Crippen LogP contribution in [0.1, 0.15) is 0 Å². The molecule has 0 aromatic rings. The van der Waals surface area contributed by atoms with Crippen molar-refractivity contribution in [2.45, 2.75) is 0 Å². The molecular weight excluding hydrogens is 114 g/mol. The minimum Gasteiger partial charge on any atom is -0.365 e. The molecule has 0 aliphatic carbocycles. The third-order valence-electron chi connectivity index (χ3n) is 0.518. The Hall–Kier alpha value is 0.240. The number of thioether (sulfide) groups is 1. The monoisotopic (exact) mass is 118 g/mol. The molecule has 0 unspecified atom stereocenters. The summed E-state index contributed by atoms with van der Waals surface area (Å²) in [6, 6.07) is 0. The predicted molar refractivity (Wildman–Crippen MR) is 32.5 cm³/mol. The Balaban J connectivity index is 2.37. The Morgan fingerprint density at radius 2 is 2.83 bits per heavy atom. The maximum absolute atomic E-state index is 4.76. The lowest BCUT2D eigenvalue weighted by Crippen LogP contribution is -2.09. The largest absolute Gasteiger partial charge is 0.365 e. The van der Waals surface area contributed by atoms with E-state index in [4.69, 9.17) is 12.2 Å². The highest BCUT2D eigenvalue weighted by molar-refractivity contribution is 8.03. The van der Waals surface area contributed by atoms with Crippen LogP contribution in [0.3, 0.4) is 0 Å². The van der Waals surface area contributed by atoms with E-state index in [0.29, 0.717) is 0 Å². The Labute approximate surface area is 46.5 Å². The molecular formula is C3H4NS2. The van der Waals surface area contributed by atoms with Gasteiger partial charge in [-0.15, -0.1) is 11.8 Å². The van der Waals surface area contributed by atoms with Gasteiger partial charge in [-0.3, -0.25) is 0 Å². The molecule has 1 aliphatic heterocycles. The van der Waals surface area contributed by atoms with Crippen LogP contribution in [0.4, 0.5) is 0 Å². The summed E-state index contributed by atoms with van der Waals surface area (Å²) in [5.74, 6) is 2.87. The molecule has 0 aromatic heterocycles. The minimum atomic E-state index is 0.944. The van der Waals surface area contributed by atoms with E-state index in [1.807, 2.05) is 5.88 Å². The van der Waals surface area contributed by atoms with Gasteiger partial charge in [-0.2, -0.15) is 0 Å². The van der Waals surface area contributed by atoms with Crippen molar-refractivity contribution in [3.05, 3.63) is 5.88 Å². The fraction of sp³-hybridized carbons (Fsp3) is 0.333. The van der Waals surface area contributed by atoms with Crippen molar-refractivity contribution < 1.29 is 0 Å². The van der Waals surface area contributed by atoms with Crippen LogP contribution in [0.2, 0.25) is 0 Å². The van der Waals surface area contributed by atoms with Crippen molar-refractivity contribution in [2.24, 2.45) is 0 Å². The van der Waals surface area contributed by atoms with Gasteiger partial charge >= 0.3 is 0 Å². The fourth-order valence-electron chi connectivity index (χ4n) is 0.266. The van der Waals surface area contributed by atoms with Gasteiger partial charge in [0, 0.05) is 5.75 Å². The van der Waals surface area contributed by atoms with Gasteiger partial charge in [0.2, 0.25) is 0 Å². The average molecular weight is 118 g/mol. The Morgan fingerprint density at radius 3 is 3.00 bits per heavy atom. The highest BCUT2D eigenvalue weighted by atomic mass is 32.2. The molecule has 1 heterocycles. The quantitative estimate of drug-likeness (QED) is 0.472. The number of hydrogen-bond donors (Lipinski definition) is 1. The summed E-state index contributed by atoms with van der Waals surface area (Å²) in [4.78, 5) is 0.944. The standard InChI is InChI=1S/C3H4NS2/c5-3-1-6-2-4-3/h2H,1H2,(H,4,5). The third-order valence-corrected chi connectivity index (χ3v) is 1.70. The zero-order valence-electron chi connectivity index (χ0n) is 3.10. The van der Waals surface area contributed by atoms with Gasteiger partial charge in [0.05, 0.1) is 4.99 Å². The van der Waals surface area contributed by atoms with E-state index in [0.717, 1.165) is 10.7 Å². The van der Waals surface area contributed by atoms with E-state index in [2.05, 4.69) is 5.32 Å². The van der Waals surface area contributed by atoms with Crippen LogP contribution in [-0.4, -0.2) is 10.7 Å². The zero-order chi connectivity index (χ0) is 4.41. The highest BCUT2D eigenvalue weighted by Gasteiger charge is 2.02. The number of rotatable bonds is 0. The van der Waals surface area contributed by atoms with Gasteiger partial charge in [0.25, 0.3) is 0 Å². The molecule has 1 nitrogen and oxygen atoms in total. The molecule has 0 bridgehead atoms. The summed E-state index contributed by atoms with van der Waals surface area (Å²) >= 11 is 6.46. The maximum atomic E-state index is 4.76. The third kappa shape index (κ3) is 0.849. The van der Waals surface area contributed by atoms with Gasteiger partial charge < -0.3 is 5.32 Å². The van der Waals surface area contributed by atoms with Crippen molar-refractivity contribution in [1.29, 1.82) is 0 Å². The fourth-order valence-corrected chi connectivity index (χ4v) is 1.15. The first-order chi connectivity index (χ1) is 2.89. The van der Waals surface area contributed by atoms with Crippen LogP contribution in [0, 0.1) is 5.88 Å². The lowest BCUT2D eigenvalue weighted by molar-refractivity contribution is 1.30. The smallest absolute Gasteiger partial charge is 0.103 e. The summed E-state index contributed by atoms with van der Waals surface area (Å²) in [6.45, 7) is 0. The van der Waals surface area contributed by atoms with Crippen molar-refractivity contribution in [3.63, 3.8) is 0 Å². The highest BCUT2D eigenvalue weighted by Crippen LogP contribution is 2.08. The van der Waals surface area contributed by atoms with Crippen LogP contribution in [0.5, 0.6) is 0 Å². The van der Waals surface area contributed by atoms with E-state index in [1.165, 1.54) is 0 Å². The van der Waals surface area contributed by atoms with Gasteiger partial charge in [0.1, 0.15) is 5.88 Å². The summed E-state index contributed by atoms with van der Waals surface area (Å²) in [7, 11) is 0. The summed E-state index contributed by atoms with van der Waals surface area (Å²) in [5.41, 5.74) is 0. The number of nitrogens with one attached hydrogen (secondary N) is 1. The molecule has 6 heavy (non-hydrogen) atoms. The zero-order valence-corrected chi connectivity index (χ0v) is 4.73. The van der Waals surface area contributed by atoms with Crippen LogP contribution in [-0.2, 0) is 0 Å². The molecule has 0 amide bonds. The Bertz CT molecular complexity index is 63.2. The van der Waals surface area contributed by atoms with Crippen LogP contribution in [0.15, 0.2) is 0 Å². The predicted octanol–water partition coefficient (Wildman–Crippen LogP) is 0.769. The lowest BCUT2D eigenvalue weighted by Gasteiger charge is -1.81. The summed E-state index contributed by atoms with van der Waals surface area (Å²) < 4.78 is 0. The molecule has 33 valence electrons. The van der Waals surface area contributed by atoms with E-state index >= 15 is 0 Å². The van der Waals surface area contributed by atoms with Crippen molar-refractivity contribution in [3.8, 4) is 0 Å². The molecule has 1 fully saturated rings. The normalized spacial score (nSPS) is 21.0. The van der Waals surface area contributed by atoms with Crippen LogP contribution < -0.4 is 5.32 Å². The SMILES string of the molecule is S=C1CS[CH]N1. The molecule has 0 spiro atoms. The molecule has 0 atom stereocenters. The average Bonchev–Trinajstić information content (AvgIpc) is 1.86. The lowest BCUT2D eigenvalue weighted by atomic mass is 10.8. The van der Waals surface area contributed by atoms with E-state index in [9.17, 15) is 0 Å². The van der Waals surface area contributed by atoms with Gasteiger partial charge in [-0.25, -0.2) is 0 Å². The van der Waals surface area contributed by atoms with Crippen molar-refractivity contribution in [1.82, 2.24) is 5.32 Å². The maximum Gasteiger partial charge on any atom is 0.103 e. The molecule has 0 aromatic carbocycles. The summed E-state index contributed by atoms with van der Waals surface area (Å²) in [5, 5.41) is 2.89. The number of hydrogen-bond acceptors (Lipinski definition) is 2. The minimum absolute atomic E-state index is 0.944. The molecule has 1 radical (unpaired) electrons. The van der Waals surface area contributed by atoms with E-state index in [-0.39, 0.29) is 0 Å². The molecule has 1 N–H and O–H groups in total.